The predicted molar refractivity (Wildman–Crippen MR) is 76.7 cm³/mol. The van der Waals surface area contributed by atoms with E-state index in [2.05, 4.69) is 15.6 Å². The van der Waals surface area contributed by atoms with Crippen LogP contribution in [0.25, 0.3) is 0 Å². The lowest BCUT2D eigenvalue weighted by atomic mass is 9.99. The number of nitrogens with zero attached hydrogens (tertiary/aromatic N) is 1. The first-order valence-electron chi connectivity index (χ1n) is 5.83. The molecule has 0 saturated carbocycles. The number of carbonyl (C=O) groups is 2. The number of nitrogens with one attached hydrogen (secondary N) is 2. The molecule has 0 fully saturated rings. The first-order valence-corrected chi connectivity index (χ1v) is 6.64. The molecule has 0 saturated heterocycles. The summed E-state index contributed by atoms with van der Waals surface area (Å²) in [5.74, 6) is -0.491. The summed E-state index contributed by atoms with van der Waals surface area (Å²) in [4.78, 5) is 27.7. The lowest BCUT2D eigenvalue weighted by molar-refractivity contribution is -0.122. The quantitative estimate of drug-likeness (QED) is 0.755. The predicted octanol–water partition coefficient (Wildman–Crippen LogP) is 0.455. The number of halogens is 1. The Bertz CT molecular complexity index is 477. The Labute approximate surface area is 121 Å². The van der Waals surface area contributed by atoms with Crippen molar-refractivity contribution in [3.8, 4) is 0 Å². The van der Waals surface area contributed by atoms with Gasteiger partial charge in [0.25, 0.3) is 0 Å². The van der Waals surface area contributed by atoms with Crippen molar-refractivity contribution in [2.45, 2.75) is 32.2 Å². The van der Waals surface area contributed by atoms with Gasteiger partial charge in [0.15, 0.2) is 5.13 Å². The molecule has 0 aromatic carbocycles. The standard InChI is InChI=1S/C11H16N4O2S.ClH/c1-6(16)13-5-10(17)15-11-14-8-3-2-7(12)4-9(8)18-11;/h7H,2-5,12H2,1H3,(H,13,16)(H,14,15,17);1H/t7-;/m0./s1. The third kappa shape index (κ3) is 4.45. The van der Waals surface area contributed by atoms with Gasteiger partial charge in [0.05, 0.1) is 12.2 Å². The molecule has 1 aliphatic rings. The van der Waals surface area contributed by atoms with Gasteiger partial charge in [0, 0.05) is 17.8 Å². The highest BCUT2D eigenvalue weighted by Crippen LogP contribution is 2.29. The fraction of sp³-hybridized carbons (Fsp3) is 0.545. The zero-order valence-electron chi connectivity index (χ0n) is 10.6. The van der Waals surface area contributed by atoms with E-state index < -0.39 is 0 Å². The van der Waals surface area contributed by atoms with Crippen molar-refractivity contribution in [2.75, 3.05) is 11.9 Å². The minimum absolute atomic E-state index is 0. The SMILES string of the molecule is CC(=O)NCC(=O)Nc1nc2c(s1)C[C@@H](N)CC2.Cl. The van der Waals surface area contributed by atoms with E-state index in [4.69, 9.17) is 5.73 Å². The van der Waals surface area contributed by atoms with Crippen LogP contribution in [0.2, 0.25) is 0 Å². The van der Waals surface area contributed by atoms with Crippen LogP contribution in [0.3, 0.4) is 0 Å². The molecule has 19 heavy (non-hydrogen) atoms. The van der Waals surface area contributed by atoms with E-state index in [0.717, 1.165) is 29.8 Å². The van der Waals surface area contributed by atoms with Crippen molar-refractivity contribution < 1.29 is 9.59 Å². The second-order valence-corrected chi connectivity index (χ2v) is 5.43. The highest BCUT2D eigenvalue weighted by Gasteiger charge is 2.20. The molecule has 0 aliphatic heterocycles. The first-order chi connectivity index (χ1) is 8.54. The summed E-state index contributed by atoms with van der Waals surface area (Å²) in [5.41, 5.74) is 6.92. The van der Waals surface area contributed by atoms with Gasteiger partial charge in [-0.1, -0.05) is 0 Å². The topological polar surface area (TPSA) is 97.1 Å². The largest absolute Gasteiger partial charge is 0.347 e. The van der Waals surface area contributed by atoms with Crippen LogP contribution in [0.15, 0.2) is 0 Å². The third-order valence-corrected chi connectivity index (χ3v) is 3.76. The Morgan fingerprint density at radius 3 is 2.95 bits per heavy atom. The van der Waals surface area contributed by atoms with E-state index in [1.165, 1.54) is 18.3 Å². The number of thiazole rings is 1. The van der Waals surface area contributed by atoms with Gasteiger partial charge in [0.1, 0.15) is 0 Å². The van der Waals surface area contributed by atoms with Crippen molar-refractivity contribution in [1.29, 1.82) is 0 Å². The molecule has 1 aromatic rings. The van der Waals surface area contributed by atoms with Crippen molar-refractivity contribution in [2.24, 2.45) is 5.73 Å². The molecular weight excluding hydrogens is 288 g/mol. The minimum atomic E-state index is -0.263. The molecule has 8 heteroatoms. The Balaban J connectivity index is 0.00000180. The highest BCUT2D eigenvalue weighted by molar-refractivity contribution is 7.15. The van der Waals surface area contributed by atoms with E-state index in [-0.39, 0.29) is 36.8 Å². The van der Waals surface area contributed by atoms with Crippen LogP contribution in [0.1, 0.15) is 23.9 Å². The summed E-state index contributed by atoms with van der Waals surface area (Å²) in [6.07, 6.45) is 2.64. The maximum absolute atomic E-state index is 11.5. The van der Waals surface area contributed by atoms with Gasteiger partial charge in [-0.25, -0.2) is 4.98 Å². The Morgan fingerprint density at radius 1 is 1.53 bits per heavy atom. The fourth-order valence-corrected chi connectivity index (χ4v) is 2.94. The first kappa shape index (κ1) is 15.9. The number of fused-ring (bicyclic) bond motifs is 1. The number of nitrogens with two attached hydrogens (primary N) is 1. The molecule has 1 atom stereocenters. The maximum Gasteiger partial charge on any atom is 0.245 e. The number of carbonyl (C=O) groups excluding carboxylic acids is 2. The van der Waals surface area contributed by atoms with E-state index >= 15 is 0 Å². The van der Waals surface area contributed by atoms with E-state index in [9.17, 15) is 9.59 Å². The molecule has 0 bridgehead atoms. The molecule has 106 valence electrons. The van der Waals surface area contributed by atoms with Gasteiger partial charge in [-0.3, -0.25) is 9.59 Å². The molecule has 6 nitrogen and oxygen atoms in total. The lowest BCUT2D eigenvalue weighted by Crippen LogP contribution is -2.31. The molecule has 0 unspecified atom stereocenters. The Morgan fingerprint density at radius 2 is 2.26 bits per heavy atom. The average molecular weight is 305 g/mol. The lowest BCUT2D eigenvalue weighted by Gasteiger charge is -2.15. The fourth-order valence-electron chi connectivity index (χ4n) is 1.82. The van der Waals surface area contributed by atoms with E-state index in [1.807, 2.05) is 0 Å². The van der Waals surface area contributed by atoms with Crippen LogP contribution in [0, 0.1) is 0 Å². The monoisotopic (exact) mass is 304 g/mol. The minimum Gasteiger partial charge on any atom is -0.347 e. The van der Waals surface area contributed by atoms with Crippen molar-refractivity contribution in [1.82, 2.24) is 10.3 Å². The van der Waals surface area contributed by atoms with Gasteiger partial charge in [-0.05, 0) is 19.3 Å². The van der Waals surface area contributed by atoms with Crippen molar-refractivity contribution in [3.05, 3.63) is 10.6 Å². The summed E-state index contributed by atoms with van der Waals surface area (Å²) in [5, 5.41) is 5.71. The second kappa shape index (κ2) is 6.83. The number of hydrogen-bond donors (Lipinski definition) is 3. The van der Waals surface area contributed by atoms with Gasteiger partial charge in [0.2, 0.25) is 11.8 Å². The molecule has 4 N–H and O–H groups in total. The third-order valence-electron chi connectivity index (χ3n) is 2.72. The Hall–Kier alpha value is -1.18. The van der Waals surface area contributed by atoms with E-state index in [1.54, 1.807) is 0 Å². The maximum atomic E-state index is 11.5. The molecular formula is C11H17ClN4O2S. The van der Waals surface area contributed by atoms with Crippen LogP contribution in [-0.4, -0.2) is 29.4 Å². The zero-order valence-corrected chi connectivity index (χ0v) is 12.2. The van der Waals surface area contributed by atoms with Crippen LogP contribution in [0.5, 0.6) is 0 Å². The van der Waals surface area contributed by atoms with Crippen molar-refractivity contribution >= 4 is 40.7 Å². The summed E-state index contributed by atoms with van der Waals surface area (Å²) >= 11 is 1.47. The second-order valence-electron chi connectivity index (χ2n) is 4.35. The average Bonchev–Trinajstić information content (AvgIpc) is 2.67. The molecule has 0 spiro atoms. The number of anilines is 1. The van der Waals surface area contributed by atoms with Crippen LogP contribution < -0.4 is 16.4 Å². The molecule has 1 aromatic heterocycles. The van der Waals surface area contributed by atoms with Gasteiger partial charge >= 0.3 is 0 Å². The molecule has 2 rings (SSSR count). The summed E-state index contributed by atoms with van der Waals surface area (Å²) in [7, 11) is 0. The van der Waals surface area contributed by atoms with Crippen LogP contribution >= 0.6 is 23.7 Å². The van der Waals surface area contributed by atoms with Gasteiger partial charge in [-0.2, -0.15) is 0 Å². The van der Waals surface area contributed by atoms with E-state index in [0.29, 0.717) is 5.13 Å². The van der Waals surface area contributed by atoms with Crippen molar-refractivity contribution in [3.63, 3.8) is 0 Å². The Kier molecular flexibility index (Phi) is 5.71. The number of rotatable bonds is 3. The summed E-state index contributed by atoms with van der Waals surface area (Å²) in [6, 6.07) is 0.195. The summed E-state index contributed by atoms with van der Waals surface area (Å²) in [6.45, 7) is 1.34. The van der Waals surface area contributed by atoms with Gasteiger partial charge < -0.3 is 16.4 Å². The number of aromatic nitrogens is 1. The smallest absolute Gasteiger partial charge is 0.245 e. The normalized spacial score (nSPS) is 17.1. The molecule has 1 aliphatic carbocycles. The molecule has 2 amide bonds. The zero-order chi connectivity index (χ0) is 13.1. The molecule has 0 radical (unpaired) electrons. The highest BCUT2D eigenvalue weighted by atomic mass is 35.5. The van der Waals surface area contributed by atoms with Crippen LogP contribution in [-0.2, 0) is 22.4 Å². The van der Waals surface area contributed by atoms with Gasteiger partial charge in [-0.15, -0.1) is 23.7 Å². The number of amides is 2. The molecule has 1 heterocycles. The number of hydrogen-bond acceptors (Lipinski definition) is 5. The van der Waals surface area contributed by atoms with Crippen LogP contribution in [0.4, 0.5) is 5.13 Å². The number of aryl methyl sites for hydroxylation is 1. The summed E-state index contributed by atoms with van der Waals surface area (Å²) < 4.78 is 0.